The number of thioether (sulfide) groups is 1. The number of benzene rings is 1. The van der Waals surface area contributed by atoms with Crippen LogP contribution in [0.2, 0.25) is 0 Å². The summed E-state index contributed by atoms with van der Waals surface area (Å²) < 4.78 is 0. The minimum atomic E-state index is 0.730. The first-order valence-corrected chi connectivity index (χ1v) is 8.03. The largest absolute Gasteiger partial charge is 0.317 e. The monoisotopic (exact) mass is 264 g/mol. The van der Waals surface area contributed by atoms with E-state index in [2.05, 4.69) is 41.8 Å². The van der Waals surface area contributed by atoms with E-state index < -0.39 is 0 Å². The topological polar surface area (TPSA) is 24.1 Å². The molecular formula is C15H24N2S. The van der Waals surface area contributed by atoms with Crippen molar-refractivity contribution in [3.63, 3.8) is 0 Å². The van der Waals surface area contributed by atoms with E-state index >= 15 is 0 Å². The molecule has 1 aliphatic heterocycles. The normalized spacial score (nSPS) is 16.9. The summed E-state index contributed by atoms with van der Waals surface area (Å²) in [6.45, 7) is 5.69. The van der Waals surface area contributed by atoms with Crippen molar-refractivity contribution >= 4 is 11.8 Å². The van der Waals surface area contributed by atoms with E-state index in [1.54, 1.807) is 0 Å². The van der Waals surface area contributed by atoms with Crippen molar-refractivity contribution in [1.82, 2.24) is 10.6 Å². The van der Waals surface area contributed by atoms with Crippen molar-refractivity contribution in [2.24, 2.45) is 0 Å². The maximum absolute atomic E-state index is 3.67. The summed E-state index contributed by atoms with van der Waals surface area (Å²) in [5, 5.41) is 7.07. The molecule has 0 aliphatic carbocycles. The molecule has 0 unspecified atom stereocenters. The Bertz CT molecular complexity index is 348. The lowest BCUT2D eigenvalue weighted by Crippen LogP contribution is -2.40. The summed E-state index contributed by atoms with van der Waals surface area (Å²) in [5.41, 5.74) is 1.48. The van der Waals surface area contributed by atoms with E-state index in [4.69, 9.17) is 0 Å². The van der Waals surface area contributed by atoms with Crippen LogP contribution in [-0.4, -0.2) is 31.4 Å². The second-order valence-corrected chi connectivity index (χ2v) is 5.92. The fourth-order valence-electron chi connectivity index (χ4n) is 2.39. The van der Waals surface area contributed by atoms with E-state index in [1.807, 2.05) is 11.8 Å². The molecule has 3 heteroatoms. The zero-order valence-electron chi connectivity index (χ0n) is 11.2. The van der Waals surface area contributed by atoms with Crippen molar-refractivity contribution in [2.45, 2.75) is 37.1 Å². The standard InChI is InChI=1S/C15H24N2S/c1-2-13-5-3-4-6-15(13)18-12-11-17-14-7-9-16-10-8-14/h3-6,14,16-17H,2,7-12H2,1H3. The lowest BCUT2D eigenvalue weighted by Gasteiger charge is -2.23. The van der Waals surface area contributed by atoms with Crippen LogP contribution in [-0.2, 0) is 6.42 Å². The van der Waals surface area contributed by atoms with Gasteiger partial charge < -0.3 is 10.6 Å². The van der Waals surface area contributed by atoms with Gasteiger partial charge in [-0.1, -0.05) is 25.1 Å². The van der Waals surface area contributed by atoms with Crippen LogP contribution in [0.3, 0.4) is 0 Å². The summed E-state index contributed by atoms with van der Waals surface area (Å²) in [7, 11) is 0. The minimum Gasteiger partial charge on any atom is -0.317 e. The summed E-state index contributed by atoms with van der Waals surface area (Å²) in [6.07, 6.45) is 3.68. The first-order chi connectivity index (χ1) is 8.90. The molecule has 2 nitrogen and oxygen atoms in total. The first-order valence-electron chi connectivity index (χ1n) is 7.05. The fraction of sp³-hybridized carbons (Fsp3) is 0.600. The van der Waals surface area contributed by atoms with Crippen LogP contribution in [0.25, 0.3) is 0 Å². The third-order valence-corrected chi connectivity index (χ3v) is 4.60. The number of hydrogen-bond donors (Lipinski definition) is 2. The minimum absolute atomic E-state index is 0.730. The molecule has 0 amide bonds. The highest BCUT2D eigenvalue weighted by Gasteiger charge is 2.11. The predicted octanol–water partition coefficient (Wildman–Crippen LogP) is 2.68. The molecule has 2 N–H and O–H groups in total. The Balaban J connectivity index is 1.68. The molecule has 1 aromatic rings. The molecule has 0 bridgehead atoms. The third-order valence-electron chi connectivity index (χ3n) is 3.49. The molecule has 0 aromatic heterocycles. The Morgan fingerprint density at radius 3 is 2.83 bits per heavy atom. The highest BCUT2D eigenvalue weighted by atomic mass is 32.2. The first kappa shape index (κ1) is 13.9. The van der Waals surface area contributed by atoms with Crippen molar-refractivity contribution < 1.29 is 0 Å². The maximum atomic E-state index is 3.67. The number of nitrogens with one attached hydrogen (secondary N) is 2. The van der Waals surface area contributed by atoms with E-state index in [1.165, 1.54) is 42.1 Å². The Labute approximate surface area is 115 Å². The number of rotatable bonds is 6. The molecule has 1 aliphatic rings. The molecule has 0 radical (unpaired) electrons. The highest BCUT2D eigenvalue weighted by Crippen LogP contribution is 2.22. The molecule has 18 heavy (non-hydrogen) atoms. The fourth-order valence-corrected chi connectivity index (χ4v) is 3.40. The third kappa shape index (κ3) is 4.30. The van der Waals surface area contributed by atoms with Crippen molar-refractivity contribution in [3.05, 3.63) is 29.8 Å². The molecule has 2 rings (SSSR count). The van der Waals surface area contributed by atoms with Gasteiger partial charge in [0.2, 0.25) is 0 Å². The Morgan fingerprint density at radius 1 is 1.28 bits per heavy atom. The lowest BCUT2D eigenvalue weighted by atomic mass is 10.1. The summed E-state index contributed by atoms with van der Waals surface area (Å²) in [6, 6.07) is 9.49. The van der Waals surface area contributed by atoms with Crippen LogP contribution in [0.4, 0.5) is 0 Å². The van der Waals surface area contributed by atoms with Gasteiger partial charge in [-0.3, -0.25) is 0 Å². The van der Waals surface area contributed by atoms with Crippen LogP contribution < -0.4 is 10.6 Å². The molecule has 1 aromatic carbocycles. The maximum Gasteiger partial charge on any atom is 0.0106 e. The quantitative estimate of drug-likeness (QED) is 0.610. The van der Waals surface area contributed by atoms with Gasteiger partial charge in [0.15, 0.2) is 0 Å². The number of hydrogen-bond acceptors (Lipinski definition) is 3. The zero-order chi connectivity index (χ0) is 12.6. The summed E-state index contributed by atoms with van der Waals surface area (Å²) >= 11 is 1.98. The van der Waals surface area contributed by atoms with Gasteiger partial charge in [0.1, 0.15) is 0 Å². The van der Waals surface area contributed by atoms with Crippen LogP contribution in [0.15, 0.2) is 29.2 Å². The second-order valence-electron chi connectivity index (χ2n) is 4.79. The van der Waals surface area contributed by atoms with Crippen molar-refractivity contribution in [1.29, 1.82) is 0 Å². The van der Waals surface area contributed by atoms with E-state index in [0.29, 0.717) is 0 Å². The van der Waals surface area contributed by atoms with E-state index in [0.717, 1.165) is 19.0 Å². The molecule has 1 fully saturated rings. The predicted molar refractivity (Wildman–Crippen MR) is 80.4 cm³/mol. The summed E-state index contributed by atoms with van der Waals surface area (Å²) in [5.74, 6) is 1.17. The van der Waals surface area contributed by atoms with Crippen LogP contribution in [0, 0.1) is 0 Å². The Morgan fingerprint density at radius 2 is 2.06 bits per heavy atom. The Hall–Kier alpha value is -0.510. The van der Waals surface area contributed by atoms with Gasteiger partial charge in [-0.15, -0.1) is 11.8 Å². The lowest BCUT2D eigenvalue weighted by molar-refractivity contribution is 0.395. The molecule has 100 valence electrons. The van der Waals surface area contributed by atoms with Gasteiger partial charge in [-0.2, -0.15) is 0 Å². The van der Waals surface area contributed by atoms with Crippen LogP contribution in [0.1, 0.15) is 25.3 Å². The van der Waals surface area contributed by atoms with Gasteiger partial charge in [-0.05, 0) is 44.0 Å². The van der Waals surface area contributed by atoms with Gasteiger partial charge >= 0.3 is 0 Å². The highest BCUT2D eigenvalue weighted by molar-refractivity contribution is 7.99. The van der Waals surface area contributed by atoms with Crippen LogP contribution >= 0.6 is 11.8 Å². The molecule has 0 saturated carbocycles. The van der Waals surface area contributed by atoms with Crippen molar-refractivity contribution in [2.75, 3.05) is 25.4 Å². The molecule has 1 saturated heterocycles. The Kier molecular flexibility index (Phi) is 6.05. The zero-order valence-corrected chi connectivity index (χ0v) is 12.1. The second kappa shape index (κ2) is 7.82. The number of piperidine rings is 1. The average Bonchev–Trinajstić information content (AvgIpc) is 2.45. The van der Waals surface area contributed by atoms with E-state index in [9.17, 15) is 0 Å². The molecule has 0 spiro atoms. The van der Waals surface area contributed by atoms with Crippen molar-refractivity contribution in [3.8, 4) is 0 Å². The van der Waals surface area contributed by atoms with Crippen LogP contribution in [0.5, 0.6) is 0 Å². The van der Waals surface area contributed by atoms with E-state index in [-0.39, 0.29) is 0 Å². The molecule has 0 atom stereocenters. The van der Waals surface area contributed by atoms with Gasteiger partial charge in [0.25, 0.3) is 0 Å². The van der Waals surface area contributed by atoms with Gasteiger partial charge in [-0.25, -0.2) is 0 Å². The SMILES string of the molecule is CCc1ccccc1SCCNC1CCNCC1. The molecular weight excluding hydrogens is 240 g/mol. The summed E-state index contributed by atoms with van der Waals surface area (Å²) in [4.78, 5) is 1.45. The number of aryl methyl sites for hydroxylation is 1. The average molecular weight is 264 g/mol. The van der Waals surface area contributed by atoms with Gasteiger partial charge in [0.05, 0.1) is 0 Å². The van der Waals surface area contributed by atoms with Gasteiger partial charge in [0, 0.05) is 23.2 Å². The molecule has 1 heterocycles. The smallest absolute Gasteiger partial charge is 0.0106 e.